The SMILES string of the molecule is S=c1c2ccccc2nc2n1CC=N2. The van der Waals surface area contributed by atoms with Crippen LogP contribution >= 0.6 is 12.2 Å². The Morgan fingerprint density at radius 1 is 1.29 bits per heavy atom. The summed E-state index contributed by atoms with van der Waals surface area (Å²) in [6.07, 6.45) is 1.83. The molecule has 14 heavy (non-hydrogen) atoms. The highest BCUT2D eigenvalue weighted by Crippen LogP contribution is 2.21. The van der Waals surface area contributed by atoms with Crippen LogP contribution in [0, 0.1) is 4.64 Å². The summed E-state index contributed by atoms with van der Waals surface area (Å²) in [6, 6.07) is 7.89. The number of para-hydroxylation sites is 1. The van der Waals surface area contributed by atoms with Gasteiger partial charge in [-0.2, -0.15) is 0 Å². The minimum atomic E-state index is 0.716. The molecule has 0 aliphatic carbocycles. The van der Waals surface area contributed by atoms with Gasteiger partial charge in [0, 0.05) is 11.6 Å². The van der Waals surface area contributed by atoms with Crippen LogP contribution in [0.25, 0.3) is 10.9 Å². The highest BCUT2D eigenvalue weighted by Gasteiger charge is 2.09. The van der Waals surface area contributed by atoms with Crippen molar-refractivity contribution in [2.75, 3.05) is 0 Å². The molecule has 0 saturated carbocycles. The monoisotopic (exact) mass is 201 g/mol. The van der Waals surface area contributed by atoms with Crippen LogP contribution in [-0.2, 0) is 6.54 Å². The Labute approximate surface area is 85.7 Å². The van der Waals surface area contributed by atoms with Crippen molar-refractivity contribution >= 4 is 35.3 Å². The van der Waals surface area contributed by atoms with Gasteiger partial charge in [-0.3, -0.25) is 4.57 Å². The molecule has 1 aromatic carbocycles. The predicted molar refractivity (Wildman–Crippen MR) is 58.7 cm³/mol. The van der Waals surface area contributed by atoms with Crippen LogP contribution in [0.15, 0.2) is 29.3 Å². The number of fused-ring (bicyclic) bond motifs is 2. The summed E-state index contributed by atoms with van der Waals surface area (Å²) in [6.45, 7) is 0.742. The first-order valence-corrected chi connectivity index (χ1v) is 4.79. The van der Waals surface area contributed by atoms with E-state index < -0.39 is 0 Å². The van der Waals surface area contributed by atoms with E-state index in [-0.39, 0.29) is 0 Å². The van der Waals surface area contributed by atoms with E-state index in [0.717, 1.165) is 22.1 Å². The maximum Gasteiger partial charge on any atom is 0.231 e. The van der Waals surface area contributed by atoms with Crippen LogP contribution in [0.5, 0.6) is 0 Å². The molecular formula is C10H7N3S. The lowest BCUT2D eigenvalue weighted by molar-refractivity contribution is 0.860. The summed E-state index contributed by atoms with van der Waals surface area (Å²) < 4.78 is 2.76. The fourth-order valence-corrected chi connectivity index (χ4v) is 1.95. The maximum absolute atomic E-state index is 5.36. The van der Waals surface area contributed by atoms with E-state index in [9.17, 15) is 0 Å². The molecule has 0 spiro atoms. The van der Waals surface area contributed by atoms with E-state index in [1.165, 1.54) is 0 Å². The van der Waals surface area contributed by atoms with Crippen molar-refractivity contribution in [1.82, 2.24) is 9.55 Å². The number of aromatic nitrogens is 2. The van der Waals surface area contributed by atoms with Gasteiger partial charge in [0.25, 0.3) is 0 Å². The molecule has 0 radical (unpaired) electrons. The molecule has 0 bridgehead atoms. The zero-order valence-electron chi connectivity index (χ0n) is 7.34. The molecule has 3 nitrogen and oxygen atoms in total. The molecule has 4 heteroatoms. The van der Waals surface area contributed by atoms with E-state index in [0.29, 0.717) is 5.95 Å². The first kappa shape index (κ1) is 7.82. The predicted octanol–water partition coefficient (Wildman–Crippen LogP) is 2.48. The van der Waals surface area contributed by atoms with Crippen molar-refractivity contribution in [2.45, 2.75) is 6.54 Å². The van der Waals surface area contributed by atoms with Gasteiger partial charge in [0.15, 0.2) is 0 Å². The van der Waals surface area contributed by atoms with Gasteiger partial charge < -0.3 is 0 Å². The Morgan fingerprint density at radius 2 is 2.14 bits per heavy atom. The lowest BCUT2D eigenvalue weighted by Gasteiger charge is -2.04. The third-order valence-corrected chi connectivity index (χ3v) is 2.75. The molecule has 0 atom stereocenters. The largest absolute Gasteiger partial charge is 0.295 e. The van der Waals surface area contributed by atoms with Crippen molar-refractivity contribution < 1.29 is 0 Å². The van der Waals surface area contributed by atoms with Gasteiger partial charge in [-0.15, -0.1) is 0 Å². The molecule has 0 fully saturated rings. The van der Waals surface area contributed by atoms with E-state index >= 15 is 0 Å². The molecule has 1 aliphatic heterocycles. The van der Waals surface area contributed by atoms with Gasteiger partial charge in [0.05, 0.1) is 12.1 Å². The molecule has 2 aromatic rings. The highest BCUT2D eigenvalue weighted by molar-refractivity contribution is 7.71. The summed E-state index contributed by atoms with van der Waals surface area (Å²) in [5.41, 5.74) is 0.919. The second-order valence-electron chi connectivity index (χ2n) is 3.16. The Hall–Kier alpha value is -1.55. The van der Waals surface area contributed by atoms with E-state index in [1.54, 1.807) is 0 Å². The van der Waals surface area contributed by atoms with Crippen molar-refractivity contribution in [3.8, 4) is 0 Å². The standard InChI is InChI=1S/C10H7N3S/c14-9-7-3-1-2-4-8(7)12-10-11-5-6-13(9)10/h1-5H,6H2. The van der Waals surface area contributed by atoms with Crippen molar-refractivity contribution in [3.63, 3.8) is 0 Å². The number of hydrogen-bond acceptors (Lipinski definition) is 3. The number of rotatable bonds is 0. The third-order valence-electron chi connectivity index (χ3n) is 2.31. The van der Waals surface area contributed by atoms with E-state index in [1.807, 2.05) is 35.0 Å². The van der Waals surface area contributed by atoms with Gasteiger partial charge in [-0.25, -0.2) is 9.98 Å². The zero-order valence-corrected chi connectivity index (χ0v) is 8.16. The number of aliphatic imine (C=N–C) groups is 1. The summed E-state index contributed by atoms with van der Waals surface area (Å²) in [4.78, 5) is 8.59. The Bertz CT molecular complexity index is 598. The molecular weight excluding hydrogens is 194 g/mol. The second kappa shape index (κ2) is 2.72. The van der Waals surface area contributed by atoms with Crippen molar-refractivity contribution in [3.05, 3.63) is 28.9 Å². The number of hydrogen-bond donors (Lipinski definition) is 0. The van der Waals surface area contributed by atoms with Crippen LogP contribution in [0.3, 0.4) is 0 Å². The minimum Gasteiger partial charge on any atom is -0.295 e. The van der Waals surface area contributed by atoms with Crippen molar-refractivity contribution in [1.29, 1.82) is 0 Å². The molecule has 0 saturated heterocycles. The molecule has 2 heterocycles. The second-order valence-corrected chi connectivity index (χ2v) is 3.54. The summed E-state index contributed by atoms with van der Waals surface area (Å²) in [5, 5.41) is 1.02. The highest BCUT2D eigenvalue weighted by atomic mass is 32.1. The van der Waals surface area contributed by atoms with Gasteiger partial charge >= 0.3 is 0 Å². The molecule has 1 aromatic heterocycles. The van der Waals surface area contributed by atoms with E-state index in [4.69, 9.17) is 12.2 Å². The van der Waals surface area contributed by atoms with Crippen molar-refractivity contribution in [2.24, 2.45) is 4.99 Å². The average Bonchev–Trinajstić information content (AvgIpc) is 2.66. The average molecular weight is 201 g/mol. The third kappa shape index (κ3) is 0.943. The Morgan fingerprint density at radius 3 is 3.07 bits per heavy atom. The number of benzene rings is 1. The Balaban J connectivity index is 2.54. The van der Waals surface area contributed by atoms with Gasteiger partial charge in [-0.1, -0.05) is 24.4 Å². The molecule has 0 unspecified atom stereocenters. The fraction of sp³-hybridized carbons (Fsp3) is 0.100. The summed E-state index contributed by atoms with van der Waals surface area (Å²) in [7, 11) is 0. The topological polar surface area (TPSA) is 30.2 Å². The number of nitrogens with zero attached hydrogens (tertiary/aromatic N) is 3. The minimum absolute atomic E-state index is 0.716. The quantitative estimate of drug-likeness (QED) is 0.613. The molecule has 1 aliphatic rings. The molecule has 0 amide bonds. The van der Waals surface area contributed by atoms with Crippen LogP contribution in [0.1, 0.15) is 0 Å². The normalized spacial score (nSPS) is 13.4. The van der Waals surface area contributed by atoms with Crippen LogP contribution < -0.4 is 0 Å². The first-order chi connectivity index (χ1) is 6.86. The van der Waals surface area contributed by atoms with Gasteiger partial charge in [-0.05, 0) is 12.1 Å². The van der Waals surface area contributed by atoms with E-state index in [2.05, 4.69) is 9.98 Å². The zero-order chi connectivity index (χ0) is 9.54. The summed E-state index contributed by atoms with van der Waals surface area (Å²) in [5.74, 6) is 0.716. The molecule has 68 valence electrons. The van der Waals surface area contributed by atoms with Crippen LogP contribution in [0.2, 0.25) is 0 Å². The molecule has 0 N–H and O–H groups in total. The lowest BCUT2D eigenvalue weighted by Crippen LogP contribution is -1.98. The Kier molecular flexibility index (Phi) is 1.52. The van der Waals surface area contributed by atoms with Gasteiger partial charge in [0.2, 0.25) is 5.95 Å². The maximum atomic E-state index is 5.36. The lowest BCUT2D eigenvalue weighted by atomic mass is 10.2. The summed E-state index contributed by atoms with van der Waals surface area (Å²) >= 11 is 5.36. The van der Waals surface area contributed by atoms with Crippen LogP contribution in [0.4, 0.5) is 5.95 Å². The fourth-order valence-electron chi connectivity index (χ4n) is 1.62. The molecule has 3 rings (SSSR count). The smallest absolute Gasteiger partial charge is 0.231 e. The first-order valence-electron chi connectivity index (χ1n) is 4.38. The van der Waals surface area contributed by atoms with Crippen LogP contribution in [-0.4, -0.2) is 15.8 Å². The van der Waals surface area contributed by atoms with Gasteiger partial charge in [0.1, 0.15) is 4.64 Å².